The molecule has 18 heavy (non-hydrogen) atoms. The van der Waals surface area contributed by atoms with Crippen LogP contribution >= 0.6 is 0 Å². The van der Waals surface area contributed by atoms with Crippen molar-refractivity contribution in [3.05, 3.63) is 17.7 Å². The number of hydrogen-bond donors (Lipinski definition) is 2. The molecule has 0 radical (unpaired) electrons. The van der Waals surface area contributed by atoms with E-state index < -0.39 is 16.0 Å². The van der Waals surface area contributed by atoms with E-state index in [1.807, 2.05) is 0 Å². The molecule has 0 atom stereocenters. The summed E-state index contributed by atoms with van der Waals surface area (Å²) in [5.74, 6) is -1.28. The lowest BCUT2D eigenvalue weighted by Gasteiger charge is -2.15. The van der Waals surface area contributed by atoms with Crippen molar-refractivity contribution in [3.63, 3.8) is 0 Å². The lowest BCUT2D eigenvalue weighted by molar-refractivity contribution is 0.0693. The summed E-state index contributed by atoms with van der Waals surface area (Å²) >= 11 is 0. The van der Waals surface area contributed by atoms with Crippen LogP contribution in [0.5, 0.6) is 5.75 Å². The molecule has 0 fully saturated rings. The summed E-state index contributed by atoms with van der Waals surface area (Å²) in [5, 5.41) is 8.99. The topological polar surface area (TPSA) is 110 Å². The average Bonchev–Trinajstić information content (AvgIpc) is 2.27. The number of carboxylic acids is 1. The first-order chi connectivity index (χ1) is 8.21. The number of anilines is 1. The van der Waals surface area contributed by atoms with Gasteiger partial charge in [0, 0.05) is 20.2 Å². The second kappa shape index (κ2) is 4.83. The van der Waals surface area contributed by atoms with Gasteiger partial charge in [-0.3, -0.25) is 0 Å². The van der Waals surface area contributed by atoms with Crippen LogP contribution in [0.3, 0.4) is 0 Å². The predicted octanol–water partition coefficient (Wildman–Crippen LogP) is 0.226. The standard InChI is InChI=1S/C10H14N2O5S/c1-12(2)18(15,16)9-4-6(10(13)14)8(17-3)5-7(9)11/h4-5H,11H2,1-3H3,(H,13,14). The molecule has 8 heteroatoms. The van der Waals surface area contributed by atoms with Crippen LogP contribution in [0.25, 0.3) is 0 Å². The number of aromatic carboxylic acids is 1. The summed E-state index contributed by atoms with van der Waals surface area (Å²) in [6, 6.07) is 2.17. The highest BCUT2D eigenvalue weighted by atomic mass is 32.2. The molecule has 0 aliphatic carbocycles. The van der Waals surface area contributed by atoms with Crippen molar-refractivity contribution < 1.29 is 23.1 Å². The zero-order chi connectivity index (χ0) is 14.1. The number of benzene rings is 1. The van der Waals surface area contributed by atoms with Crippen molar-refractivity contribution in [1.82, 2.24) is 4.31 Å². The van der Waals surface area contributed by atoms with E-state index in [2.05, 4.69) is 0 Å². The Labute approximate surface area is 105 Å². The van der Waals surface area contributed by atoms with E-state index in [9.17, 15) is 13.2 Å². The van der Waals surface area contributed by atoms with Gasteiger partial charge in [-0.2, -0.15) is 0 Å². The monoisotopic (exact) mass is 274 g/mol. The zero-order valence-corrected chi connectivity index (χ0v) is 11.0. The van der Waals surface area contributed by atoms with Gasteiger partial charge in [0.1, 0.15) is 16.2 Å². The van der Waals surface area contributed by atoms with E-state index in [1.54, 1.807) is 0 Å². The molecule has 1 aromatic carbocycles. The second-order valence-corrected chi connectivity index (χ2v) is 5.80. The van der Waals surface area contributed by atoms with Crippen molar-refractivity contribution in [2.24, 2.45) is 0 Å². The summed E-state index contributed by atoms with van der Waals surface area (Å²) < 4.78 is 29.7. The minimum Gasteiger partial charge on any atom is -0.496 e. The first-order valence-corrected chi connectivity index (χ1v) is 6.29. The van der Waals surface area contributed by atoms with Gasteiger partial charge in [0.15, 0.2) is 0 Å². The molecule has 0 bridgehead atoms. The smallest absolute Gasteiger partial charge is 0.339 e. The minimum absolute atomic E-state index is 0.0118. The maximum atomic E-state index is 11.9. The van der Waals surface area contributed by atoms with Crippen LogP contribution in [0.15, 0.2) is 17.0 Å². The van der Waals surface area contributed by atoms with Crippen LogP contribution in [0.2, 0.25) is 0 Å². The van der Waals surface area contributed by atoms with Gasteiger partial charge in [-0.05, 0) is 6.07 Å². The van der Waals surface area contributed by atoms with Crippen molar-refractivity contribution >= 4 is 21.7 Å². The van der Waals surface area contributed by atoms with E-state index in [1.165, 1.54) is 27.3 Å². The molecule has 0 aliphatic heterocycles. The lowest BCUT2D eigenvalue weighted by Crippen LogP contribution is -2.23. The summed E-state index contributed by atoms with van der Waals surface area (Å²) in [6.07, 6.45) is 0. The van der Waals surface area contributed by atoms with E-state index in [0.717, 1.165) is 10.4 Å². The van der Waals surface area contributed by atoms with Crippen LogP contribution in [0.1, 0.15) is 10.4 Å². The molecule has 1 aromatic rings. The fraction of sp³-hybridized carbons (Fsp3) is 0.300. The van der Waals surface area contributed by atoms with Crippen LogP contribution in [0, 0.1) is 0 Å². The number of nitrogens with zero attached hydrogens (tertiary/aromatic N) is 1. The fourth-order valence-corrected chi connectivity index (χ4v) is 2.35. The summed E-state index contributed by atoms with van der Waals surface area (Å²) in [7, 11) is 0.146. The molecule has 3 N–H and O–H groups in total. The Bertz CT molecular complexity index is 580. The molecule has 0 spiro atoms. The predicted molar refractivity (Wildman–Crippen MR) is 65.2 cm³/mol. The number of ether oxygens (including phenoxy) is 1. The van der Waals surface area contributed by atoms with Gasteiger partial charge in [-0.15, -0.1) is 0 Å². The maximum absolute atomic E-state index is 11.9. The van der Waals surface area contributed by atoms with Crippen LogP contribution < -0.4 is 10.5 Å². The summed E-state index contributed by atoms with van der Waals surface area (Å²) in [5.41, 5.74) is 5.29. The Morgan fingerprint density at radius 2 is 1.94 bits per heavy atom. The van der Waals surface area contributed by atoms with Crippen molar-refractivity contribution in [1.29, 1.82) is 0 Å². The van der Waals surface area contributed by atoms with Crippen molar-refractivity contribution in [2.75, 3.05) is 26.9 Å². The van der Waals surface area contributed by atoms with E-state index in [4.69, 9.17) is 15.6 Å². The third-order valence-electron chi connectivity index (χ3n) is 2.32. The Morgan fingerprint density at radius 3 is 2.33 bits per heavy atom. The third-order valence-corrected chi connectivity index (χ3v) is 4.19. The zero-order valence-electron chi connectivity index (χ0n) is 10.2. The van der Waals surface area contributed by atoms with Gasteiger partial charge in [0.05, 0.1) is 12.8 Å². The van der Waals surface area contributed by atoms with Gasteiger partial charge < -0.3 is 15.6 Å². The molecule has 0 aromatic heterocycles. The van der Waals surface area contributed by atoms with Crippen molar-refractivity contribution in [2.45, 2.75) is 4.90 Å². The van der Waals surface area contributed by atoms with Crippen molar-refractivity contribution in [3.8, 4) is 5.75 Å². The number of hydrogen-bond acceptors (Lipinski definition) is 5. The molecular formula is C10H14N2O5S. The molecule has 0 aliphatic rings. The molecular weight excluding hydrogens is 260 g/mol. The van der Waals surface area contributed by atoms with Gasteiger partial charge in [-0.25, -0.2) is 17.5 Å². The second-order valence-electron chi connectivity index (χ2n) is 3.68. The molecule has 100 valence electrons. The van der Waals surface area contributed by atoms with Crippen LogP contribution in [-0.4, -0.2) is 45.0 Å². The van der Waals surface area contributed by atoms with Gasteiger partial charge in [0.25, 0.3) is 0 Å². The third kappa shape index (κ3) is 2.39. The molecule has 0 saturated carbocycles. The highest BCUT2D eigenvalue weighted by Gasteiger charge is 2.24. The minimum atomic E-state index is -3.80. The number of rotatable bonds is 4. The van der Waals surface area contributed by atoms with E-state index in [-0.39, 0.29) is 21.9 Å². The van der Waals surface area contributed by atoms with E-state index >= 15 is 0 Å². The summed E-state index contributed by atoms with van der Waals surface area (Å²) in [6.45, 7) is 0. The van der Waals surface area contributed by atoms with E-state index in [0.29, 0.717) is 0 Å². The number of methoxy groups -OCH3 is 1. The SMILES string of the molecule is COc1cc(N)c(S(=O)(=O)N(C)C)cc1C(=O)O. The first kappa shape index (κ1) is 14.3. The Hall–Kier alpha value is -1.80. The first-order valence-electron chi connectivity index (χ1n) is 4.85. The maximum Gasteiger partial charge on any atom is 0.339 e. The molecule has 0 saturated heterocycles. The highest BCUT2D eigenvalue weighted by Crippen LogP contribution is 2.29. The molecule has 7 nitrogen and oxygen atoms in total. The Balaban J connectivity index is 3.59. The van der Waals surface area contributed by atoms with Crippen LogP contribution in [-0.2, 0) is 10.0 Å². The molecule has 0 amide bonds. The largest absolute Gasteiger partial charge is 0.496 e. The number of carbonyl (C=O) groups is 1. The number of nitrogens with two attached hydrogens (primary N) is 1. The molecule has 1 rings (SSSR count). The average molecular weight is 274 g/mol. The quantitative estimate of drug-likeness (QED) is 0.760. The van der Waals surface area contributed by atoms with Gasteiger partial charge in [0.2, 0.25) is 10.0 Å². The molecule has 0 heterocycles. The number of sulfonamides is 1. The van der Waals surface area contributed by atoms with Gasteiger partial charge in [-0.1, -0.05) is 0 Å². The lowest BCUT2D eigenvalue weighted by atomic mass is 10.2. The molecule has 0 unspecified atom stereocenters. The highest BCUT2D eigenvalue weighted by molar-refractivity contribution is 7.89. The van der Waals surface area contributed by atoms with Crippen LogP contribution in [0.4, 0.5) is 5.69 Å². The Morgan fingerprint density at radius 1 is 1.39 bits per heavy atom. The summed E-state index contributed by atoms with van der Waals surface area (Å²) in [4.78, 5) is 10.8. The number of carboxylic acid groups (broad SMARTS) is 1. The normalized spacial score (nSPS) is 11.6. The Kier molecular flexibility index (Phi) is 3.82. The fourth-order valence-electron chi connectivity index (χ4n) is 1.33. The van der Waals surface area contributed by atoms with Gasteiger partial charge >= 0.3 is 5.97 Å². The number of nitrogen functional groups attached to an aromatic ring is 1.